The minimum atomic E-state index is -0.922. The van der Waals surface area contributed by atoms with E-state index < -0.39 is 23.5 Å². The molecule has 164 valence electrons. The number of halogens is 1. The number of rotatable bonds is 5. The number of aliphatic hydroxyl groups is 1. The Balaban J connectivity index is 1.96. The first-order valence-corrected chi connectivity index (χ1v) is 11.2. The molecule has 0 spiro atoms. The Bertz CT molecular complexity index is 1240. The van der Waals surface area contributed by atoms with Crippen molar-refractivity contribution in [1.82, 2.24) is 0 Å². The number of carbonyl (C=O) groups excluding carboxylic acids is 2. The number of ether oxygens (including phenoxy) is 1. The van der Waals surface area contributed by atoms with E-state index in [1.807, 2.05) is 19.2 Å². The fourth-order valence-corrected chi connectivity index (χ4v) is 4.74. The first-order valence-electron chi connectivity index (χ1n) is 9.90. The quantitative estimate of drug-likeness (QED) is 0.295. The molecule has 2 N–H and O–H groups in total. The summed E-state index contributed by atoms with van der Waals surface area (Å²) >= 11 is 7.66. The molecule has 0 bridgehead atoms. The van der Waals surface area contributed by atoms with Crippen LogP contribution in [0.1, 0.15) is 29.0 Å². The van der Waals surface area contributed by atoms with E-state index in [0.29, 0.717) is 17.2 Å². The Hall–Kier alpha value is -3.29. The number of aliphatic hydroxyl groups excluding tert-OH is 1. The number of aryl methyl sites for hydroxylation is 1. The van der Waals surface area contributed by atoms with Gasteiger partial charge in [-0.1, -0.05) is 23.7 Å². The van der Waals surface area contributed by atoms with Crippen molar-refractivity contribution < 1.29 is 24.5 Å². The van der Waals surface area contributed by atoms with Crippen molar-refractivity contribution in [3.8, 4) is 11.5 Å². The van der Waals surface area contributed by atoms with Gasteiger partial charge in [-0.2, -0.15) is 0 Å². The zero-order valence-electron chi connectivity index (χ0n) is 17.3. The number of phenols is 1. The van der Waals surface area contributed by atoms with E-state index in [4.69, 9.17) is 16.3 Å². The minimum absolute atomic E-state index is 0.103. The molecule has 1 unspecified atom stereocenters. The van der Waals surface area contributed by atoms with E-state index in [-0.39, 0.29) is 27.6 Å². The van der Waals surface area contributed by atoms with Crippen LogP contribution in [0.25, 0.3) is 5.76 Å². The lowest BCUT2D eigenvalue weighted by Gasteiger charge is -2.25. The van der Waals surface area contributed by atoms with Gasteiger partial charge >= 0.3 is 0 Å². The van der Waals surface area contributed by atoms with Crippen molar-refractivity contribution in [2.24, 2.45) is 0 Å². The summed E-state index contributed by atoms with van der Waals surface area (Å²) in [5, 5.41) is 23.7. The molecule has 1 aromatic heterocycles. The molecule has 3 aromatic rings. The van der Waals surface area contributed by atoms with Crippen molar-refractivity contribution >= 4 is 46.1 Å². The zero-order chi connectivity index (χ0) is 23.0. The third kappa shape index (κ3) is 3.74. The smallest absolute Gasteiger partial charge is 0.300 e. The summed E-state index contributed by atoms with van der Waals surface area (Å²) in [6.07, 6.45) is 0. The van der Waals surface area contributed by atoms with Gasteiger partial charge in [-0.3, -0.25) is 14.5 Å². The number of anilines is 1. The average Bonchev–Trinajstić information content (AvgIpc) is 3.38. The van der Waals surface area contributed by atoms with E-state index in [2.05, 4.69) is 0 Å². The molecule has 0 aliphatic carbocycles. The van der Waals surface area contributed by atoms with Gasteiger partial charge in [0.15, 0.2) is 0 Å². The van der Waals surface area contributed by atoms with Crippen LogP contribution in [0.2, 0.25) is 5.02 Å². The fourth-order valence-electron chi connectivity index (χ4n) is 3.71. The number of nitrogens with zero attached hydrogens (tertiary/aromatic N) is 1. The lowest BCUT2D eigenvalue weighted by Crippen LogP contribution is -2.29. The molecule has 0 radical (unpaired) electrons. The predicted octanol–water partition coefficient (Wildman–Crippen LogP) is 5.44. The lowest BCUT2D eigenvalue weighted by molar-refractivity contribution is -0.132. The van der Waals surface area contributed by atoms with E-state index in [1.54, 1.807) is 36.4 Å². The number of carbonyl (C=O) groups is 2. The van der Waals surface area contributed by atoms with Crippen molar-refractivity contribution in [3.05, 3.63) is 80.5 Å². The highest BCUT2D eigenvalue weighted by atomic mass is 35.5. The topological polar surface area (TPSA) is 87.1 Å². The van der Waals surface area contributed by atoms with Gasteiger partial charge < -0.3 is 14.9 Å². The summed E-state index contributed by atoms with van der Waals surface area (Å²) in [6, 6.07) is 12.2. The summed E-state index contributed by atoms with van der Waals surface area (Å²) < 4.78 is 5.50. The summed E-state index contributed by atoms with van der Waals surface area (Å²) in [5.74, 6) is -1.78. The number of hydrogen-bond acceptors (Lipinski definition) is 6. The number of hydrogen-bond donors (Lipinski definition) is 2. The Labute approximate surface area is 193 Å². The molecule has 2 aromatic carbocycles. The minimum Gasteiger partial charge on any atom is -0.507 e. The summed E-state index contributed by atoms with van der Waals surface area (Å²) in [7, 11) is 0. The van der Waals surface area contributed by atoms with Crippen molar-refractivity contribution in [1.29, 1.82) is 0 Å². The van der Waals surface area contributed by atoms with Gasteiger partial charge in [0.1, 0.15) is 23.3 Å². The molecule has 8 heteroatoms. The van der Waals surface area contributed by atoms with Gasteiger partial charge in [0.05, 0.1) is 22.9 Å². The van der Waals surface area contributed by atoms with Crippen LogP contribution < -0.4 is 9.64 Å². The fraction of sp³-hybridized carbons (Fsp3) is 0.167. The molecular weight excluding hydrogens is 450 g/mol. The highest BCUT2D eigenvalue weighted by Gasteiger charge is 2.48. The molecule has 1 aliphatic rings. The highest BCUT2D eigenvalue weighted by molar-refractivity contribution is 7.10. The molecule has 32 heavy (non-hydrogen) atoms. The van der Waals surface area contributed by atoms with E-state index >= 15 is 0 Å². The van der Waals surface area contributed by atoms with Gasteiger partial charge in [0.25, 0.3) is 11.7 Å². The van der Waals surface area contributed by atoms with Crippen LogP contribution in [0.15, 0.2) is 59.5 Å². The number of benzene rings is 2. The Morgan fingerprint density at radius 3 is 2.66 bits per heavy atom. The predicted molar refractivity (Wildman–Crippen MR) is 125 cm³/mol. The molecular formula is C24H20ClNO5S. The Morgan fingerprint density at radius 1 is 1.19 bits per heavy atom. The van der Waals surface area contributed by atoms with E-state index in [0.717, 1.165) is 5.56 Å². The van der Waals surface area contributed by atoms with Crippen LogP contribution in [0.4, 0.5) is 5.69 Å². The molecule has 1 amide bonds. The monoisotopic (exact) mass is 469 g/mol. The van der Waals surface area contributed by atoms with Crippen molar-refractivity contribution in [3.63, 3.8) is 0 Å². The first-order chi connectivity index (χ1) is 15.3. The Morgan fingerprint density at radius 2 is 1.97 bits per heavy atom. The SMILES string of the molecule is CCOc1ccc(Cl)c(/C(O)=C2/C(=O)C(=O)N(c3cc(C)ccc3O)C2c2cccs2)c1. The molecule has 1 saturated heterocycles. The number of amides is 1. The maximum absolute atomic E-state index is 13.2. The Kier molecular flexibility index (Phi) is 5.95. The van der Waals surface area contributed by atoms with Gasteiger partial charge in [-0.05, 0) is 61.2 Å². The maximum atomic E-state index is 13.2. The second-order valence-electron chi connectivity index (χ2n) is 7.25. The van der Waals surface area contributed by atoms with E-state index in [9.17, 15) is 19.8 Å². The number of Topliss-reactive ketones (excluding diaryl/α,β-unsaturated/α-hetero) is 1. The number of thiophene rings is 1. The maximum Gasteiger partial charge on any atom is 0.300 e. The van der Waals surface area contributed by atoms with Gasteiger partial charge in [0, 0.05) is 10.4 Å². The molecule has 1 atom stereocenters. The molecule has 6 nitrogen and oxygen atoms in total. The number of ketones is 1. The largest absolute Gasteiger partial charge is 0.507 e. The van der Waals surface area contributed by atoms with Crippen LogP contribution in [0.3, 0.4) is 0 Å². The average molecular weight is 470 g/mol. The molecule has 1 fully saturated rings. The third-order valence-electron chi connectivity index (χ3n) is 5.15. The standard InChI is InChI=1S/C24H20ClNO5S/c1-3-31-14-7-8-16(25)15(12-14)22(28)20-21(19-5-4-10-32-19)26(24(30)23(20)29)17-11-13(2)6-9-18(17)27/h4-12,21,27-28H,3H2,1-2H3/b22-20-. The van der Waals surface area contributed by atoms with Gasteiger partial charge in [0.2, 0.25) is 0 Å². The number of aromatic hydroxyl groups is 1. The van der Waals surface area contributed by atoms with Gasteiger partial charge in [-0.15, -0.1) is 11.3 Å². The number of phenolic OH excluding ortho intramolecular Hbond substituents is 1. The van der Waals surface area contributed by atoms with Gasteiger partial charge in [-0.25, -0.2) is 0 Å². The second-order valence-corrected chi connectivity index (χ2v) is 8.64. The summed E-state index contributed by atoms with van der Waals surface area (Å²) in [4.78, 5) is 28.2. The van der Waals surface area contributed by atoms with Crippen LogP contribution in [0.5, 0.6) is 11.5 Å². The molecule has 0 saturated carbocycles. The lowest BCUT2D eigenvalue weighted by atomic mass is 9.99. The van der Waals surface area contributed by atoms with Crippen molar-refractivity contribution in [2.45, 2.75) is 19.9 Å². The second kappa shape index (κ2) is 8.68. The molecule has 1 aliphatic heterocycles. The normalized spacial score (nSPS) is 17.7. The first kappa shape index (κ1) is 21.9. The third-order valence-corrected chi connectivity index (χ3v) is 6.41. The molecule has 4 rings (SSSR count). The van der Waals surface area contributed by atoms with Crippen LogP contribution >= 0.6 is 22.9 Å². The summed E-state index contributed by atoms with van der Waals surface area (Å²) in [5.41, 5.74) is 1.08. The van der Waals surface area contributed by atoms with Crippen molar-refractivity contribution in [2.75, 3.05) is 11.5 Å². The van der Waals surface area contributed by atoms with Crippen LogP contribution in [-0.2, 0) is 9.59 Å². The van der Waals surface area contributed by atoms with Crippen LogP contribution in [-0.4, -0.2) is 28.5 Å². The highest BCUT2D eigenvalue weighted by Crippen LogP contribution is 2.46. The molecule has 2 heterocycles. The zero-order valence-corrected chi connectivity index (χ0v) is 18.9. The summed E-state index contributed by atoms with van der Waals surface area (Å²) in [6.45, 7) is 4.05. The van der Waals surface area contributed by atoms with E-state index in [1.165, 1.54) is 28.4 Å². The van der Waals surface area contributed by atoms with Crippen LogP contribution in [0, 0.1) is 6.92 Å².